The van der Waals surface area contributed by atoms with E-state index in [1.165, 1.54) is 12.1 Å². The van der Waals surface area contributed by atoms with Gasteiger partial charge in [-0.3, -0.25) is 9.59 Å². The molecular weight excluding hydrogens is 440 g/mol. The number of aliphatic hydroxyl groups is 2. The number of aliphatic hydroxyl groups excluding tert-OH is 2. The Morgan fingerprint density at radius 2 is 1.03 bits per heavy atom. The van der Waals surface area contributed by atoms with Gasteiger partial charge in [-0.1, -0.05) is 0 Å². The fraction of sp³-hybridized carbons (Fsp3) is 0.417. The van der Waals surface area contributed by atoms with Crippen molar-refractivity contribution in [2.24, 2.45) is 0 Å². The summed E-state index contributed by atoms with van der Waals surface area (Å²) >= 11 is 0. The Morgan fingerprint density at radius 3 is 1.38 bits per heavy atom. The van der Waals surface area contributed by atoms with Gasteiger partial charge in [-0.2, -0.15) is 0 Å². The summed E-state index contributed by atoms with van der Waals surface area (Å²) in [4.78, 5) is 26.9. The molecule has 10 nitrogen and oxygen atoms in total. The Bertz CT molecular complexity index is 972. The minimum absolute atomic E-state index is 0.121. The summed E-state index contributed by atoms with van der Waals surface area (Å²) in [6, 6.07) is 5.75. The normalized spacial score (nSPS) is 14.4. The maximum absolute atomic E-state index is 13.4. The molecular formula is C24H32N4O6. The molecule has 1 aliphatic rings. The van der Waals surface area contributed by atoms with Crippen LogP contribution in [0.15, 0.2) is 24.3 Å². The Hall–Kier alpha value is -3.18. The molecule has 0 bridgehead atoms. The van der Waals surface area contributed by atoms with E-state index in [0.29, 0.717) is 50.6 Å². The SMILES string of the molecule is CC(O)CNCCNc1ccc(NCCNCC(C)O)c2c1C(=O)c1c(O)ccc(O)c1C2=O. The Kier molecular flexibility index (Phi) is 8.46. The van der Waals surface area contributed by atoms with Crippen LogP contribution in [0, 0.1) is 0 Å². The predicted octanol–water partition coefficient (Wildman–Crippen LogP) is 0.638. The number of rotatable bonds is 12. The van der Waals surface area contributed by atoms with Crippen LogP contribution < -0.4 is 21.3 Å². The Morgan fingerprint density at radius 1 is 0.647 bits per heavy atom. The van der Waals surface area contributed by atoms with E-state index in [9.17, 15) is 30.0 Å². The number of hydrogen-bond donors (Lipinski definition) is 8. The smallest absolute Gasteiger partial charge is 0.200 e. The third-order valence-electron chi connectivity index (χ3n) is 5.39. The zero-order chi connectivity index (χ0) is 24.8. The maximum Gasteiger partial charge on any atom is 0.200 e. The summed E-state index contributed by atoms with van der Waals surface area (Å²) < 4.78 is 0. The number of fused-ring (bicyclic) bond motifs is 2. The first-order valence-corrected chi connectivity index (χ1v) is 11.3. The average molecular weight is 473 g/mol. The summed E-state index contributed by atoms with van der Waals surface area (Å²) in [6.07, 6.45) is -0.973. The van der Waals surface area contributed by atoms with Crippen molar-refractivity contribution >= 4 is 22.9 Å². The zero-order valence-corrected chi connectivity index (χ0v) is 19.3. The molecule has 0 saturated heterocycles. The van der Waals surface area contributed by atoms with Crippen LogP contribution in [0.1, 0.15) is 45.7 Å². The van der Waals surface area contributed by atoms with Gasteiger partial charge in [0.15, 0.2) is 0 Å². The van der Waals surface area contributed by atoms with Crippen molar-refractivity contribution in [2.45, 2.75) is 26.1 Å². The number of nitrogens with one attached hydrogen (secondary N) is 4. The van der Waals surface area contributed by atoms with Crippen LogP contribution >= 0.6 is 0 Å². The Balaban J connectivity index is 1.91. The number of benzene rings is 2. The van der Waals surface area contributed by atoms with Crippen molar-refractivity contribution in [1.82, 2.24) is 10.6 Å². The molecule has 0 saturated carbocycles. The summed E-state index contributed by atoms with van der Waals surface area (Å²) in [6.45, 7) is 6.06. The van der Waals surface area contributed by atoms with Gasteiger partial charge in [0, 0.05) is 50.6 Å². The molecule has 0 aromatic heterocycles. The molecule has 0 heterocycles. The lowest BCUT2D eigenvalue weighted by Gasteiger charge is -2.25. The minimum Gasteiger partial charge on any atom is -0.507 e. The largest absolute Gasteiger partial charge is 0.507 e. The predicted molar refractivity (Wildman–Crippen MR) is 129 cm³/mol. The fourth-order valence-corrected chi connectivity index (χ4v) is 3.85. The summed E-state index contributed by atoms with van der Waals surface area (Å²) in [5.74, 6) is -1.87. The molecule has 2 aromatic carbocycles. The van der Waals surface area contributed by atoms with E-state index >= 15 is 0 Å². The van der Waals surface area contributed by atoms with Crippen molar-refractivity contribution in [1.29, 1.82) is 0 Å². The molecule has 8 N–H and O–H groups in total. The average Bonchev–Trinajstić information content (AvgIpc) is 2.78. The molecule has 0 spiro atoms. The summed E-state index contributed by atoms with van der Waals surface area (Å²) in [5.41, 5.74) is 0.663. The molecule has 34 heavy (non-hydrogen) atoms. The van der Waals surface area contributed by atoms with E-state index in [-0.39, 0.29) is 33.8 Å². The minimum atomic E-state index is -0.562. The highest BCUT2D eigenvalue weighted by atomic mass is 16.3. The lowest BCUT2D eigenvalue weighted by atomic mass is 9.81. The first-order valence-electron chi connectivity index (χ1n) is 11.3. The van der Waals surface area contributed by atoms with Crippen molar-refractivity contribution in [3.8, 4) is 11.5 Å². The van der Waals surface area contributed by atoms with E-state index < -0.39 is 23.8 Å². The van der Waals surface area contributed by atoms with Crippen LogP contribution in [-0.4, -0.2) is 83.5 Å². The topological polar surface area (TPSA) is 163 Å². The number of anilines is 2. The third kappa shape index (κ3) is 5.65. The second kappa shape index (κ2) is 11.3. The number of aromatic hydroxyl groups is 2. The van der Waals surface area contributed by atoms with Gasteiger partial charge in [-0.05, 0) is 38.1 Å². The van der Waals surface area contributed by atoms with Crippen molar-refractivity contribution in [2.75, 3.05) is 49.9 Å². The van der Waals surface area contributed by atoms with E-state index in [0.717, 1.165) is 0 Å². The summed E-state index contributed by atoms with van der Waals surface area (Å²) in [7, 11) is 0. The molecule has 3 rings (SSSR count). The third-order valence-corrected chi connectivity index (χ3v) is 5.39. The van der Waals surface area contributed by atoms with E-state index in [1.54, 1.807) is 26.0 Å². The molecule has 0 aliphatic heterocycles. The Labute approximate surface area is 198 Å². The van der Waals surface area contributed by atoms with Gasteiger partial charge >= 0.3 is 0 Å². The quantitative estimate of drug-likeness (QED) is 0.139. The van der Waals surface area contributed by atoms with Crippen LogP contribution in [0.4, 0.5) is 11.4 Å². The van der Waals surface area contributed by atoms with E-state index in [2.05, 4.69) is 21.3 Å². The number of ketones is 2. The number of phenols is 2. The second-order valence-electron chi connectivity index (χ2n) is 8.38. The van der Waals surface area contributed by atoms with Gasteiger partial charge in [-0.25, -0.2) is 0 Å². The highest BCUT2D eigenvalue weighted by Crippen LogP contribution is 2.42. The van der Waals surface area contributed by atoms with Crippen LogP contribution in [0.25, 0.3) is 0 Å². The van der Waals surface area contributed by atoms with Crippen molar-refractivity contribution in [3.05, 3.63) is 46.5 Å². The first-order chi connectivity index (χ1) is 16.2. The molecule has 2 unspecified atom stereocenters. The summed E-state index contributed by atoms with van der Waals surface area (Å²) in [5, 5.41) is 51.8. The van der Waals surface area contributed by atoms with Gasteiger partial charge in [-0.15, -0.1) is 0 Å². The monoisotopic (exact) mass is 472 g/mol. The molecule has 0 radical (unpaired) electrons. The van der Waals surface area contributed by atoms with Gasteiger partial charge in [0.05, 0.1) is 34.5 Å². The molecule has 184 valence electrons. The van der Waals surface area contributed by atoms with Crippen LogP contribution in [0.2, 0.25) is 0 Å². The number of phenolic OH excluding ortho intramolecular Hbond substituents is 2. The lowest BCUT2D eigenvalue weighted by molar-refractivity contribution is 0.0975. The van der Waals surface area contributed by atoms with Crippen LogP contribution in [-0.2, 0) is 0 Å². The standard InChI is InChI=1S/C24H32N4O6/c1-13(29)11-25-7-9-27-15-3-4-16(28-10-8-26-12-14(2)30)20-19(15)23(33)21-17(31)5-6-18(32)22(21)24(20)34/h3-6,13-14,25-32H,7-12H2,1-2H3. The second-order valence-corrected chi connectivity index (χ2v) is 8.38. The van der Waals surface area contributed by atoms with Crippen molar-refractivity contribution in [3.63, 3.8) is 0 Å². The molecule has 0 amide bonds. The van der Waals surface area contributed by atoms with Crippen LogP contribution in [0.3, 0.4) is 0 Å². The van der Waals surface area contributed by atoms with Crippen LogP contribution in [0.5, 0.6) is 11.5 Å². The van der Waals surface area contributed by atoms with E-state index in [4.69, 9.17) is 0 Å². The molecule has 10 heteroatoms. The van der Waals surface area contributed by atoms with E-state index in [1.807, 2.05) is 0 Å². The van der Waals surface area contributed by atoms with Gasteiger partial charge in [0.1, 0.15) is 11.5 Å². The molecule has 0 fully saturated rings. The zero-order valence-electron chi connectivity index (χ0n) is 19.3. The fourth-order valence-electron chi connectivity index (χ4n) is 3.85. The maximum atomic E-state index is 13.4. The highest BCUT2D eigenvalue weighted by molar-refractivity contribution is 6.33. The number of carbonyl (C=O) groups excluding carboxylic acids is 2. The molecule has 2 aromatic rings. The highest BCUT2D eigenvalue weighted by Gasteiger charge is 2.37. The van der Waals surface area contributed by atoms with Crippen molar-refractivity contribution < 1.29 is 30.0 Å². The van der Waals surface area contributed by atoms with Gasteiger partial charge in [0.2, 0.25) is 11.6 Å². The molecule has 1 aliphatic carbocycles. The number of carbonyl (C=O) groups is 2. The van der Waals surface area contributed by atoms with Gasteiger partial charge in [0.25, 0.3) is 0 Å². The molecule has 2 atom stereocenters. The number of hydrogen-bond acceptors (Lipinski definition) is 10. The van der Waals surface area contributed by atoms with Gasteiger partial charge < -0.3 is 41.7 Å². The first kappa shape index (κ1) is 25.4. The lowest BCUT2D eigenvalue weighted by Crippen LogP contribution is -2.31.